The SMILES string of the molecule is CCN(CC)c1ccc(CC(C)N)c(O)c1. The van der Waals surface area contributed by atoms with Crippen molar-refractivity contribution >= 4 is 5.69 Å². The number of phenols is 1. The van der Waals surface area contributed by atoms with E-state index in [1.165, 1.54) is 0 Å². The van der Waals surface area contributed by atoms with E-state index in [1.54, 1.807) is 0 Å². The lowest BCUT2D eigenvalue weighted by Crippen LogP contribution is -2.22. The Kier molecular flexibility index (Phi) is 4.62. The summed E-state index contributed by atoms with van der Waals surface area (Å²) in [6.45, 7) is 8.05. The number of nitrogens with zero attached hydrogens (tertiary/aromatic N) is 1. The Morgan fingerprint density at radius 2 is 1.94 bits per heavy atom. The molecule has 0 spiro atoms. The van der Waals surface area contributed by atoms with Crippen molar-refractivity contribution in [1.82, 2.24) is 0 Å². The zero-order chi connectivity index (χ0) is 12.1. The first kappa shape index (κ1) is 12.8. The first-order valence-corrected chi connectivity index (χ1v) is 5.90. The van der Waals surface area contributed by atoms with Gasteiger partial charge in [-0.2, -0.15) is 0 Å². The highest BCUT2D eigenvalue weighted by Gasteiger charge is 2.07. The van der Waals surface area contributed by atoms with Gasteiger partial charge in [-0.3, -0.25) is 0 Å². The maximum Gasteiger partial charge on any atom is 0.120 e. The van der Waals surface area contributed by atoms with Gasteiger partial charge < -0.3 is 15.7 Å². The van der Waals surface area contributed by atoms with Gasteiger partial charge in [-0.15, -0.1) is 0 Å². The van der Waals surface area contributed by atoms with Crippen LogP contribution >= 0.6 is 0 Å². The molecular formula is C13H22N2O. The van der Waals surface area contributed by atoms with Gasteiger partial charge >= 0.3 is 0 Å². The van der Waals surface area contributed by atoms with Gasteiger partial charge in [0.2, 0.25) is 0 Å². The highest BCUT2D eigenvalue weighted by molar-refractivity contribution is 5.53. The molecule has 1 aromatic rings. The van der Waals surface area contributed by atoms with Crippen LogP contribution in [0.5, 0.6) is 5.75 Å². The minimum Gasteiger partial charge on any atom is -0.508 e. The minimum absolute atomic E-state index is 0.0743. The summed E-state index contributed by atoms with van der Waals surface area (Å²) in [5.74, 6) is 0.349. The topological polar surface area (TPSA) is 49.5 Å². The number of phenolic OH excluding ortho intramolecular Hbond substituents is 1. The maximum absolute atomic E-state index is 9.90. The van der Waals surface area contributed by atoms with E-state index in [0.717, 1.165) is 24.3 Å². The molecule has 3 N–H and O–H groups in total. The minimum atomic E-state index is 0.0743. The van der Waals surface area contributed by atoms with Gasteiger partial charge in [-0.1, -0.05) is 6.07 Å². The summed E-state index contributed by atoms with van der Waals surface area (Å²) in [5.41, 5.74) is 7.71. The Morgan fingerprint density at radius 3 is 2.38 bits per heavy atom. The smallest absolute Gasteiger partial charge is 0.120 e. The molecule has 0 heterocycles. The standard InChI is InChI=1S/C13H22N2O/c1-4-15(5-2)12-7-6-11(8-10(3)14)13(16)9-12/h6-7,9-10,16H,4-5,8,14H2,1-3H3. The summed E-state index contributed by atoms with van der Waals surface area (Å²) in [4.78, 5) is 2.20. The third-order valence-electron chi connectivity index (χ3n) is 2.74. The number of benzene rings is 1. The van der Waals surface area contributed by atoms with E-state index in [9.17, 15) is 5.11 Å². The molecule has 0 aliphatic carbocycles. The summed E-state index contributed by atoms with van der Waals surface area (Å²) in [6, 6.07) is 5.91. The number of hydrogen-bond donors (Lipinski definition) is 2. The normalized spacial score (nSPS) is 12.5. The Labute approximate surface area is 97.9 Å². The molecule has 0 aliphatic rings. The highest BCUT2D eigenvalue weighted by Crippen LogP contribution is 2.25. The van der Waals surface area contributed by atoms with Crippen LogP contribution in [0.3, 0.4) is 0 Å². The number of hydrogen-bond acceptors (Lipinski definition) is 3. The molecule has 1 aromatic carbocycles. The van der Waals surface area contributed by atoms with Crippen molar-refractivity contribution in [2.75, 3.05) is 18.0 Å². The van der Waals surface area contributed by atoms with Gasteiger partial charge in [0, 0.05) is 30.9 Å². The van der Waals surface area contributed by atoms with Crippen LogP contribution < -0.4 is 10.6 Å². The molecule has 0 fully saturated rings. The molecule has 0 saturated heterocycles. The number of anilines is 1. The van der Waals surface area contributed by atoms with Crippen LogP contribution in [0.25, 0.3) is 0 Å². The molecule has 3 nitrogen and oxygen atoms in total. The Balaban J connectivity index is 2.89. The largest absolute Gasteiger partial charge is 0.508 e. The average molecular weight is 222 g/mol. The first-order valence-electron chi connectivity index (χ1n) is 5.90. The van der Waals surface area contributed by atoms with E-state index in [2.05, 4.69) is 18.7 Å². The molecule has 1 rings (SSSR count). The van der Waals surface area contributed by atoms with Gasteiger partial charge in [-0.05, 0) is 38.8 Å². The third-order valence-corrected chi connectivity index (χ3v) is 2.74. The molecule has 1 atom stereocenters. The number of nitrogens with two attached hydrogens (primary N) is 1. The van der Waals surface area contributed by atoms with Gasteiger partial charge in [-0.25, -0.2) is 0 Å². The zero-order valence-corrected chi connectivity index (χ0v) is 10.4. The lowest BCUT2D eigenvalue weighted by atomic mass is 10.1. The zero-order valence-electron chi connectivity index (χ0n) is 10.4. The molecule has 0 aliphatic heterocycles. The van der Waals surface area contributed by atoms with E-state index in [1.807, 2.05) is 25.1 Å². The van der Waals surface area contributed by atoms with Crippen molar-refractivity contribution in [3.8, 4) is 5.75 Å². The number of rotatable bonds is 5. The monoisotopic (exact) mass is 222 g/mol. The Bertz CT molecular complexity index is 333. The second-order valence-electron chi connectivity index (χ2n) is 4.17. The van der Waals surface area contributed by atoms with Crippen LogP contribution in [0, 0.1) is 0 Å². The van der Waals surface area contributed by atoms with Crippen LogP contribution in [0.15, 0.2) is 18.2 Å². The van der Waals surface area contributed by atoms with Crippen molar-refractivity contribution < 1.29 is 5.11 Å². The van der Waals surface area contributed by atoms with Gasteiger partial charge in [0.25, 0.3) is 0 Å². The Hall–Kier alpha value is -1.22. The molecule has 1 unspecified atom stereocenters. The lowest BCUT2D eigenvalue weighted by Gasteiger charge is -2.21. The fourth-order valence-corrected chi connectivity index (χ4v) is 1.86. The summed E-state index contributed by atoms with van der Waals surface area (Å²) < 4.78 is 0. The van der Waals surface area contributed by atoms with Crippen molar-refractivity contribution in [2.24, 2.45) is 5.73 Å². The average Bonchev–Trinajstić information content (AvgIpc) is 2.23. The van der Waals surface area contributed by atoms with E-state index >= 15 is 0 Å². The summed E-state index contributed by atoms with van der Waals surface area (Å²) >= 11 is 0. The van der Waals surface area contributed by atoms with Crippen molar-refractivity contribution in [1.29, 1.82) is 0 Å². The molecule has 0 saturated carbocycles. The molecule has 0 bridgehead atoms. The van der Waals surface area contributed by atoms with Crippen LogP contribution in [0.4, 0.5) is 5.69 Å². The molecule has 16 heavy (non-hydrogen) atoms. The maximum atomic E-state index is 9.90. The third kappa shape index (κ3) is 3.14. The predicted octanol–water partition coefficient (Wildman–Crippen LogP) is 2.13. The van der Waals surface area contributed by atoms with E-state index in [4.69, 9.17) is 5.73 Å². The van der Waals surface area contributed by atoms with E-state index < -0.39 is 0 Å². The molecule has 0 radical (unpaired) electrons. The van der Waals surface area contributed by atoms with Crippen LogP contribution in [-0.2, 0) is 6.42 Å². The predicted molar refractivity (Wildman–Crippen MR) is 69.0 cm³/mol. The fraction of sp³-hybridized carbons (Fsp3) is 0.538. The first-order chi connectivity index (χ1) is 7.58. The summed E-state index contributed by atoms with van der Waals surface area (Å²) in [6.07, 6.45) is 0.713. The highest BCUT2D eigenvalue weighted by atomic mass is 16.3. The van der Waals surface area contributed by atoms with Gasteiger partial charge in [0.1, 0.15) is 5.75 Å². The second-order valence-corrected chi connectivity index (χ2v) is 4.17. The van der Waals surface area contributed by atoms with Crippen LogP contribution in [0.1, 0.15) is 26.3 Å². The molecule has 3 heteroatoms. The van der Waals surface area contributed by atoms with Crippen LogP contribution in [0.2, 0.25) is 0 Å². The fourth-order valence-electron chi connectivity index (χ4n) is 1.86. The molecule has 0 aromatic heterocycles. The Morgan fingerprint density at radius 1 is 1.31 bits per heavy atom. The lowest BCUT2D eigenvalue weighted by molar-refractivity contribution is 0.465. The van der Waals surface area contributed by atoms with Crippen molar-refractivity contribution in [3.63, 3.8) is 0 Å². The molecular weight excluding hydrogens is 200 g/mol. The van der Waals surface area contributed by atoms with Crippen molar-refractivity contribution in [3.05, 3.63) is 23.8 Å². The quantitative estimate of drug-likeness (QED) is 0.802. The summed E-state index contributed by atoms with van der Waals surface area (Å²) in [7, 11) is 0. The van der Waals surface area contributed by atoms with Gasteiger partial charge in [0.15, 0.2) is 0 Å². The second kappa shape index (κ2) is 5.75. The molecule has 0 amide bonds. The summed E-state index contributed by atoms with van der Waals surface area (Å²) in [5, 5.41) is 9.90. The van der Waals surface area contributed by atoms with Gasteiger partial charge in [0.05, 0.1) is 0 Å². The van der Waals surface area contributed by atoms with Crippen LogP contribution in [-0.4, -0.2) is 24.2 Å². The number of aromatic hydroxyl groups is 1. The van der Waals surface area contributed by atoms with E-state index in [-0.39, 0.29) is 6.04 Å². The van der Waals surface area contributed by atoms with Crippen molar-refractivity contribution in [2.45, 2.75) is 33.2 Å². The van der Waals surface area contributed by atoms with E-state index in [0.29, 0.717) is 12.2 Å². The molecule has 90 valence electrons.